The van der Waals surface area contributed by atoms with Crippen LogP contribution in [0.5, 0.6) is 23.1 Å². The zero-order valence-corrected chi connectivity index (χ0v) is 20.0. The summed E-state index contributed by atoms with van der Waals surface area (Å²) in [5.74, 6) is 1.90. The Morgan fingerprint density at radius 1 is 0.914 bits per heavy atom. The fourth-order valence-corrected chi connectivity index (χ4v) is 4.66. The summed E-state index contributed by atoms with van der Waals surface area (Å²) in [6.07, 6.45) is -1.41. The van der Waals surface area contributed by atoms with Gasteiger partial charge in [0.05, 0.1) is 50.7 Å². The van der Waals surface area contributed by atoms with Gasteiger partial charge in [-0.3, -0.25) is 0 Å². The molecule has 0 spiro atoms. The number of methoxy groups -OCH3 is 3. The second-order valence-corrected chi connectivity index (χ2v) is 8.20. The molecule has 10 heteroatoms. The van der Waals surface area contributed by atoms with Crippen LogP contribution in [0, 0.1) is 0 Å². The molecule has 0 aliphatic carbocycles. The highest BCUT2D eigenvalue weighted by atomic mass is 32.1. The van der Waals surface area contributed by atoms with E-state index in [4.69, 9.17) is 18.9 Å². The number of ether oxygens (including phenoxy) is 4. The van der Waals surface area contributed by atoms with Crippen molar-refractivity contribution in [2.75, 3.05) is 21.3 Å². The molecule has 0 unspecified atom stereocenters. The maximum Gasteiger partial charge on any atom is 0.512 e. The first kappa shape index (κ1) is 22.5. The largest absolute Gasteiger partial charge is 0.512 e. The molecular weight excluding hydrogens is 470 g/mol. The second kappa shape index (κ2) is 9.15. The average Bonchev–Trinajstić information content (AvgIpc) is 3.45. The third-order valence-electron chi connectivity index (χ3n) is 5.74. The van der Waals surface area contributed by atoms with Crippen LogP contribution >= 0.6 is 11.7 Å². The molecule has 0 aliphatic heterocycles. The standard InChI is InChI=1S/C25H21N3O6S/c1-31-16-7-5-15(6-8-16)23-17-11-21(32-2)22(33-3)12-20(17)28(24(23)34-25(29)30)13-14-4-9-18-19(10-14)27-35-26-18/h4-12H,13H2,1-3H3,(H,29,30). The molecule has 0 fully saturated rings. The molecule has 3 aromatic carbocycles. The lowest BCUT2D eigenvalue weighted by Crippen LogP contribution is -2.10. The van der Waals surface area contributed by atoms with Crippen LogP contribution in [-0.2, 0) is 6.54 Å². The minimum atomic E-state index is -1.41. The van der Waals surface area contributed by atoms with Gasteiger partial charge in [0.1, 0.15) is 16.8 Å². The van der Waals surface area contributed by atoms with Gasteiger partial charge in [-0.25, -0.2) is 4.79 Å². The number of benzene rings is 3. The number of carboxylic acid groups (broad SMARTS) is 1. The highest BCUT2D eigenvalue weighted by molar-refractivity contribution is 7.00. The Hall–Kier alpha value is -4.31. The van der Waals surface area contributed by atoms with E-state index < -0.39 is 6.16 Å². The molecule has 0 atom stereocenters. The Balaban J connectivity index is 1.79. The average molecular weight is 492 g/mol. The first-order valence-corrected chi connectivity index (χ1v) is 11.3. The van der Waals surface area contributed by atoms with E-state index in [1.807, 2.05) is 59.2 Å². The number of carbonyl (C=O) groups is 1. The summed E-state index contributed by atoms with van der Waals surface area (Å²) in [5.41, 5.74) is 4.59. The van der Waals surface area contributed by atoms with E-state index in [1.54, 1.807) is 21.3 Å². The Morgan fingerprint density at radius 2 is 1.63 bits per heavy atom. The monoisotopic (exact) mass is 491 g/mol. The first-order valence-electron chi connectivity index (χ1n) is 10.6. The summed E-state index contributed by atoms with van der Waals surface area (Å²) in [4.78, 5) is 11.8. The number of aromatic nitrogens is 3. The van der Waals surface area contributed by atoms with Crippen LogP contribution in [0.25, 0.3) is 33.1 Å². The lowest BCUT2D eigenvalue weighted by atomic mass is 10.0. The van der Waals surface area contributed by atoms with Gasteiger partial charge in [0.25, 0.3) is 0 Å². The molecular formula is C25H21N3O6S. The summed E-state index contributed by atoms with van der Waals surface area (Å²) >= 11 is 1.15. The van der Waals surface area contributed by atoms with E-state index in [0.717, 1.165) is 44.8 Å². The van der Waals surface area contributed by atoms with Gasteiger partial charge in [0.2, 0.25) is 5.88 Å². The molecule has 178 valence electrons. The predicted molar refractivity (Wildman–Crippen MR) is 132 cm³/mol. The van der Waals surface area contributed by atoms with E-state index in [1.165, 1.54) is 0 Å². The molecule has 0 bridgehead atoms. The van der Waals surface area contributed by atoms with Crippen LogP contribution in [0.4, 0.5) is 4.79 Å². The zero-order chi connectivity index (χ0) is 24.5. The molecule has 5 rings (SSSR count). The predicted octanol–water partition coefficient (Wildman–Crippen LogP) is 5.44. The van der Waals surface area contributed by atoms with E-state index >= 15 is 0 Å². The molecule has 2 heterocycles. The zero-order valence-electron chi connectivity index (χ0n) is 19.1. The molecule has 35 heavy (non-hydrogen) atoms. The lowest BCUT2D eigenvalue weighted by molar-refractivity contribution is 0.141. The van der Waals surface area contributed by atoms with Gasteiger partial charge in [-0.2, -0.15) is 8.75 Å². The Kier molecular flexibility index (Phi) is 5.87. The fraction of sp³-hybridized carbons (Fsp3) is 0.160. The molecule has 0 radical (unpaired) electrons. The van der Waals surface area contributed by atoms with Crippen LogP contribution < -0.4 is 18.9 Å². The van der Waals surface area contributed by atoms with E-state index in [0.29, 0.717) is 29.4 Å². The van der Waals surface area contributed by atoms with Crippen molar-refractivity contribution in [2.45, 2.75) is 6.54 Å². The van der Waals surface area contributed by atoms with Crippen LogP contribution in [0.2, 0.25) is 0 Å². The summed E-state index contributed by atoms with van der Waals surface area (Å²) in [7, 11) is 4.70. The highest BCUT2D eigenvalue weighted by Crippen LogP contribution is 2.45. The van der Waals surface area contributed by atoms with Crippen molar-refractivity contribution in [1.82, 2.24) is 13.3 Å². The highest BCUT2D eigenvalue weighted by Gasteiger charge is 2.25. The van der Waals surface area contributed by atoms with E-state index in [9.17, 15) is 9.90 Å². The number of hydrogen-bond donors (Lipinski definition) is 1. The topological polar surface area (TPSA) is 105 Å². The summed E-state index contributed by atoms with van der Waals surface area (Å²) in [6, 6.07) is 16.8. The van der Waals surface area contributed by atoms with Crippen molar-refractivity contribution in [3.8, 4) is 34.3 Å². The van der Waals surface area contributed by atoms with Crippen LogP contribution in [0.15, 0.2) is 54.6 Å². The minimum absolute atomic E-state index is 0.185. The molecule has 0 saturated carbocycles. The van der Waals surface area contributed by atoms with Gasteiger partial charge in [-0.1, -0.05) is 18.2 Å². The Labute approximate surface area is 204 Å². The van der Waals surface area contributed by atoms with Gasteiger partial charge in [-0.05, 0) is 41.5 Å². The van der Waals surface area contributed by atoms with Crippen molar-refractivity contribution in [2.24, 2.45) is 0 Å². The normalized spacial score (nSPS) is 11.1. The maximum atomic E-state index is 11.8. The summed E-state index contributed by atoms with van der Waals surface area (Å²) in [6.45, 7) is 0.332. The lowest BCUT2D eigenvalue weighted by Gasteiger charge is -2.12. The van der Waals surface area contributed by atoms with Gasteiger partial charge in [-0.15, -0.1) is 0 Å². The van der Waals surface area contributed by atoms with Crippen LogP contribution in [-0.4, -0.2) is 45.9 Å². The van der Waals surface area contributed by atoms with Crippen molar-refractivity contribution < 1.29 is 28.8 Å². The van der Waals surface area contributed by atoms with Gasteiger partial charge >= 0.3 is 6.16 Å². The number of nitrogens with zero attached hydrogens (tertiary/aromatic N) is 3. The second-order valence-electron chi connectivity index (χ2n) is 7.67. The molecule has 2 aromatic heterocycles. The van der Waals surface area contributed by atoms with Crippen LogP contribution in [0.1, 0.15) is 5.56 Å². The molecule has 1 N–H and O–H groups in total. The van der Waals surface area contributed by atoms with E-state index in [-0.39, 0.29) is 5.88 Å². The number of fused-ring (bicyclic) bond motifs is 2. The van der Waals surface area contributed by atoms with Crippen molar-refractivity contribution >= 4 is 39.8 Å². The maximum absolute atomic E-state index is 11.8. The van der Waals surface area contributed by atoms with Gasteiger partial charge in [0, 0.05) is 11.5 Å². The molecule has 0 amide bonds. The van der Waals surface area contributed by atoms with Crippen LogP contribution in [0.3, 0.4) is 0 Å². The SMILES string of the molecule is COc1ccc(-c2c(OC(=O)O)n(Cc3ccc4nsnc4c3)c3cc(OC)c(OC)cc23)cc1. The molecule has 0 saturated heterocycles. The number of hydrogen-bond acceptors (Lipinski definition) is 8. The Morgan fingerprint density at radius 3 is 2.31 bits per heavy atom. The molecule has 5 aromatic rings. The third kappa shape index (κ3) is 4.08. The van der Waals surface area contributed by atoms with Gasteiger partial charge < -0.3 is 28.6 Å². The molecule has 9 nitrogen and oxygen atoms in total. The summed E-state index contributed by atoms with van der Waals surface area (Å²) in [5, 5.41) is 10.4. The number of rotatable bonds is 7. The molecule has 0 aliphatic rings. The quantitative estimate of drug-likeness (QED) is 0.300. The minimum Gasteiger partial charge on any atom is -0.497 e. The van der Waals surface area contributed by atoms with Gasteiger partial charge in [0.15, 0.2) is 11.5 Å². The summed E-state index contributed by atoms with van der Waals surface area (Å²) < 4.78 is 32.1. The fourth-order valence-electron chi connectivity index (χ4n) is 4.14. The van der Waals surface area contributed by atoms with E-state index in [2.05, 4.69) is 8.75 Å². The smallest absolute Gasteiger partial charge is 0.497 e. The third-order valence-corrected chi connectivity index (χ3v) is 6.30. The Bertz CT molecular complexity index is 1540. The van der Waals surface area contributed by atoms with Crippen molar-refractivity contribution in [3.63, 3.8) is 0 Å². The van der Waals surface area contributed by atoms with Crippen molar-refractivity contribution in [1.29, 1.82) is 0 Å². The van der Waals surface area contributed by atoms with Crippen molar-refractivity contribution in [3.05, 3.63) is 60.2 Å². The first-order chi connectivity index (χ1) is 17.0.